The highest BCUT2D eigenvalue weighted by Crippen LogP contribution is 2.34. The molecule has 310 valence electrons. The summed E-state index contributed by atoms with van der Waals surface area (Å²) in [5.41, 5.74) is -1.04. The van der Waals surface area contributed by atoms with Crippen molar-refractivity contribution in [1.82, 2.24) is 35.7 Å². The second-order valence-electron chi connectivity index (χ2n) is 17.0. The maximum Gasteiger partial charge on any atom is 0.416 e. The quantitative estimate of drug-likeness (QED) is 0.198. The Morgan fingerprint density at radius 1 is 0.964 bits per heavy atom. The molecule has 3 aliphatic rings. The number of nitrogens with zero attached hydrogens (tertiary/aromatic N) is 4. The van der Waals surface area contributed by atoms with Crippen LogP contribution in [0.4, 0.5) is 23.8 Å². The minimum atomic E-state index is -4.54. The zero-order chi connectivity index (χ0) is 40.8. The van der Waals surface area contributed by atoms with Crippen LogP contribution in [-0.2, 0) is 25.3 Å². The lowest BCUT2D eigenvalue weighted by molar-refractivity contribution is -0.137. The first-order valence-electron chi connectivity index (χ1n) is 20.0. The molecule has 2 heterocycles. The number of carbonyl (C=O) groups is 4. The minimum Gasteiger partial charge on any atom is -0.444 e. The number of alkyl carbamates (subject to hydrolysis) is 1. The third kappa shape index (κ3) is 11.7. The summed E-state index contributed by atoms with van der Waals surface area (Å²) in [6, 6.07) is 2.55. The second-order valence-corrected chi connectivity index (χ2v) is 17.0. The van der Waals surface area contributed by atoms with Gasteiger partial charge in [0.15, 0.2) is 0 Å². The predicted octanol–water partition coefficient (Wildman–Crippen LogP) is 5.78. The van der Waals surface area contributed by atoms with E-state index in [1.54, 1.807) is 4.90 Å². The molecule has 0 unspecified atom stereocenters. The Kier molecular flexibility index (Phi) is 14.1. The summed E-state index contributed by atoms with van der Waals surface area (Å²) in [5, 5.41) is 12.5. The normalized spacial score (nSPS) is 24.7. The fourth-order valence-corrected chi connectivity index (χ4v) is 8.17. The summed E-state index contributed by atoms with van der Waals surface area (Å²) >= 11 is 0. The van der Waals surface area contributed by atoms with E-state index in [4.69, 9.17) is 4.74 Å². The van der Waals surface area contributed by atoms with Crippen LogP contribution in [0.25, 0.3) is 10.9 Å². The number of nitrogens with one attached hydrogen (secondary N) is 4. The maximum absolute atomic E-state index is 13.9. The molecule has 1 aromatic carbocycles. The van der Waals surface area contributed by atoms with Crippen molar-refractivity contribution < 1.29 is 37.1 Å². The smallest absolute Gasteiger partial charge is 0.416 e. The van der Waals surface area contributed by atoms with E-state index in [0.29, 0.717) is 50.2 Å². The Morgan fingerprint density at radius 2 is 1.66 bits per heavy atom. The highest BCUT2D eigenvalue weighted by Gasteiger charge is 2.43. The van der Waals surface area contributed by atoms with Gasteiger partial charge in [0, 0.05) is 49.4 Å². The van der Waals surface area contributed by atoms with E-state index in [1.165, 1.54) is 12.4 Å². The molecule has 13 nitrogen and oxygen atoms in total. The van der Waals surface area contributed by atoms with Crippen LogP contribution in [0.15, 0.2) is 24.5 Å². The summed E-state index contributed by atoms with van der Waals surface area (Å²) in [5.74, 6) is 0.0451. The van der Waals surface area contributed by atoms with Crippen LogP contribution < -0.4 is 21.3 Å². The Hall–Kier alpha value is -4.21. The van der Waals surface area contributed by atoms with Crippen molar-refractivity contribution >= 4 is 40.5 Å². The number of hydrogen-bond acceptors (Lipinski definition) is 9. The summed E-state index contributed by atoms with van der Waals surface area (Å²) in [4.78, 5) is 64.5. The van der Waals surface area contributed by atoms with Gasteiger partial charge < -0.3 is 35.8 Å². The highest BCUT2D eigenvalue weighted by molar-refractivity contribution is 5.93. The molecule has 1 aliphatic heterocycles. The molecule has 2 saturated carbocycles. The third-order valence-corrected chi connectivity index (χ3v) is 11.4. The molecule has 4 amide bonds. The van der Waals surface area contributed by atoms with Gasteiger partial charge in [-0.1, -0.05) is 0 Å². The first-order chi connectivity index (χ1) is 26.4. The summed E-state index contributed by atoms with van der Waals surface area (Å²) in [7, 11) is 2.07. The number of fused-ring (bicyclic) bond motifs is 1. The molecule has 16 heteroatoms. The fourth-order valence-electron chi connectivity index (χ4n) is 8.17. The largest absolute Gasteiger partial charge is 0.444 e. The van der Waals surface area contributed by atoms with Crippen LogP contribution in [-0.4, -0.2) is 106 Å². The number of anilines is 1. The number of hydrogen-bond donors (Lipinski definition) is 4. The summed E-state index contributed by atoms with van der Waals surface area (Å²) in [6.45, 7) is 10.7. The number of alkyl halides is 3. The lowest BCUT2D eigenvalue weighted by Gasteiger charge is -2.44. The summed E-state index contributed by atoms with van der Waals surface area (Å²) < 4.78 is 45.8. The number of carbonyl (C=O) groups excluding carboxylic acids is 4. The first-order valence-corrected chi connectivity index (χ1v) is 20.0. The monoisotopic (exact) mass is 788 g/mol. The van der Waals surface area contributed by atoms with Crippen molar-refractivity contribution in [3.8, 4) is 0 Å². The second kappa shape index (κ2) is 18.4. The van der Waals surface area contributed by atoms with E-state index >= 15 is 0 Å². The molecular formula is C40H59F3N8O5. The molecule has 0 spiro atoms. The predicted molar refractivity (Wildman–Crippen MR) is 207 cm³/mol. The lowest BCUT2D eigenvalue weighted by Crippen LogP contribution is -2.58. The van der Waals surface area contributed by atoms with Crippen LogP contribution in [0.5, 0.6) is 0 Å². The molecular weight excluding hydrogens is 729 g/mol. The number of likely N-dealkylation sites (tertiary alicyclic amines) is 1. The van der Waals surface area contributed by atoms with Crippen LogP contribution in [0.1, 0.15) is 111 Å². The van der Waals surface area contributed by atoms with Gasteiger partial charge in [-0.25, -0.2) is 14.8 Å². The molecule has 5 rings (SSSR count). The number of ether oxygens (including phenoxy) is 1. The molecule has 4 atom stereocenters. The zero-order valence-electron chi connectivity index (χ0n) is 33.5. The Balaban J connectivity index is 1.12. The average Bonchev–Trinajstić information content (AvgIpc) is 3.48. The number of benzene rings is 1. The molecule has 3 fully saturated rings. The van der Waals surface area contributed by atoms with E-state index in [-0.39, 0.29) is 72.0 Å². The lowest BCUT2D eigenvalue weighted by atomic mass is 9.84. The van der Waals surface area contributed by atoms with Crippen LogP contribution in [0.3, 0.4) is 0 Å². The van der Waals surface area contributed by atoms with Gasteiger partial charge >= 0.3 is 12.3 Å². The topological polar surface area (TPSA) is 158 Å². The number of aromatic nitrogens is 2. The van der Waals surface area contributed by atoms with Crippen LogP contribution in [0.2, 0.25) is 0 Å². The van der Waals surface area contributed by atoms with E-state index in [0.717, 1.165) is 44.2 Å². The van der Waals surface area contributed by atoms with Gasteiger partial charge in [-0.3, -0.25) is 14.4 Å². The number of rotatable bonds is 13. The van der Waals surface area contributed by atoms with Gasteiger partial charge in [0.1, 0.15) is 23.8 Å². The molecule has 4 N–H and O–H groups in total. The van der Waals surface area contributed by atoms with Crippen molar-refractivity contribution in [3.63, 3.8) is 0 Å². The van der Waals surface area contributed by atoms with Gasteiger partial charge in [0.25, 0.3) is 0 Å². The average molecular weight is 789 g/mol. The molecule has 2 aromatic rings. The van der Waals surface area contributed by atoms with E-state index in [2.05, 4.69) is 57.0 Å². The number of halogens is 3. The minimum absolute atomic E-state index is 0.0636. The van der Waals surface area contributed by atoms with Crippen LogP contribution in [0, 0.1) is 5.92 Å². The van der Waals surface area contributed by atoms with Crippen molar-refractivity contribution in [2.45, 2.75) is 153 Å². The molecule has 0 bridgehead atoms. The highest BCUT2D eigenvalue weighted by atomic mass is 19.4. The SMILES string of the molecule is CC(C)N(C)[C@@H]1CC[C@H](N2CC[C@H](Nc3ncnc4ccc(C(F)(F)F)cc34)C2=O)[C@H](NC(=O)CCCC(=O)NC2CCC(CNC(=O)OC(C)(C)C)CC2)C1. The van der Waals surface area contributed by atoms with Gasteiger partial charge in [-0.15, -0.1) is 0 Å². The van der Waals surface area contributed by atoms with Crippen molar-refractivity contribution in [2.75, 3.05) is 25.5 Å². The fraction of sp³-hybridized carbons (Fsp3) is 0.700. The zero-order valence-corrected chi connectivity index (χ0v) is 33.5. The Morgan fingerprint density at radius 3 is 2.32 bits per heavy atom. The molecule has 2 aliphatic carbocycles. The molecule has 1 saturated heterocycles. The number of amides is 4. The van der Waals surface area contributed by atoms with Crippen LogP contribution >= 0.6 is 0 Å². The van der Waals surface area contributed by atoms with E-state index in [9.17, 15) is 32.3 Å². The molecule has 1 aromatic heterocycles. The van der Waals surface area contributed by atoms with E-state index in [1.807, 2.05) is 20.8 Å². The summed E-state index contributed by atoms with van der Waals surface area (Å²) in [6.07, 6.45) is 3.09. The van der Waals surface area contributed by atoms with Gasteiger partial charge in [0.05, 0.1) is 23.2 Å². The molecule has 0 radical (unpaired) electrons. The first kappa shape index (κ1) is 42.9. The van der Waals surface area contributed by atoms with Crippen molar-refractivity contribution in [1.29, 1.82) is 0 Å². The van der Waals surface area contributed by atoms with Crippen molar-refractivity contribution in [3.05, 3.63) is 30.1 Å². The van der Waals surface area contributed by atoms with E-state index < -0.39 is 29.5 Å². The standard InChI is InChI=1S/C40H59F3N8O5/c1-24(2)50(6)28-15-17-33(51-19-18-31(37(51)54)49-36-29-20-26(40(41,42)43)12-16-30(29)45-23-46-36)32(21-28)48-35(53)9-7-8-34(52)47-27-13-10-25(11-14-27)22-44-38(55)56-39(3,4)5/h12,16,20,23-25,27-28,31-33H,7-11,13-15,17-19,21-22H2,1-6H3,(H,44,55)(H,47,52)(H,48,53)(H,45,46,49)/t25?,27?,28-,31+,32-,33+/m1/s1. The van der Waals surface area contributed by atoms with Gasteiger partial charge in [0.2, 0.25) is 17.7 Å². The van der Waals surface area contributed by atoms with Gasteiger partial charge in [-0.05, 0) is 124 Å². The maximum atomic E-state index is 13.9. The molecule has 56 heavy (non-hydrogen) atoms. The van der Waals surface area contributed by atoms with Gasteiger partial charge in [-0.2, -0.15) is 13.2 Å². The van der Waals surface area contributed by atoms with Crippen molar-refractivity contribution in [2.24, 2.45) is 5.92 Å². The Bertz CT molecular complexity index is 1690. The Labute approximate surface area is 327 Å². The third-order valence-electron chi connectivity index (χ3n) is 11.4.